The highest BCUT2D eigenvalue weighted by Gasteiger charge is 2.29. The van der Waals surface area contributed by atoms with Crippen molar-refractivity contribution in [2.45, 2.75) is 5.92 Å². The Morgan fingerprint density at radius 2 is 1.87 bits per heavy atom. The van der Waals surface area contributed by atoms with Crippen LogP contribution >= 0.6 is 11.6 Å². The highest BCUT2D eigenvalue weighted by Crippen LogP contribution is 2.30. The molecule has 0 aliphatic rings. The van der Waals surface area contributed by atoms with Crippen LogP contribution in [0, 0.1) is 10.1 Å². The van der Waals surface area contributed by atoms with Gasteiger partial charge in [-0.2, -0.15) is 0 Å². The third-order valence-electron chi connectivity index (χ3n) is 3.71. The maximum Gasteiger partial charge on any atom is 0.332 e. The molecule has 0 aliphatic carbocycles. The van der Waals surface area contributed by atoms with Crippen LogP contribution in [0.25, 0.3) is 0 Å². The number of anilines is 1. The Morgan fingerprint density at radius 1 is 1.26 bits per heavy atom. The minimum absolute atomic E-state index is 0.0144. The molecule has 1 aromatic heterocycles. The van der Waals surface area contributed by atoms with Gasteiger partial charge in [0.05, 0.1) is 11.5 Å². The first-order valence-corrected chi connectivity index (χ1v) is 7.05. The SMILES string of the molecule is Cn1c(N)c([C@@H](C[N+](=O)[O-])c2ccccc2Cl)c(=O)n(C)c1=O. The van der Waals surface area contributed by atoms with Gasteiger partial charge >= 0.3 is 5.69 Å². The number of nitrogen functional groups attached to an aromatic ring is 1. The number of halogens is 1. The zero-order chi connectivity index (χ0) is 17.3. The number of hydrogen-bond donors (Lipinski definition) is 1. The zero-order valence-electron chi connectivity index (χ0n) is 12.5. The van der Waals surface area contributed by atoms with Gasteiger partial charge in [-0.25, -0.2) is 4.79 Å². The molecule has 0 fully saturated rings. The van der Waals surface area contributed by atoms with Gasteiger partial charge in [0.25, 0.3) is 5.56 Å². The van der Waals surface area contributed by atoms with Crippen molar-refractivity contribution in [2.75, 3.05) is 12.3 Å². The van der Waals surface area contributed by atoms with Crippen LogP contribution in [-0.4, -0.2) is 20.6 Å². The molecule has 0 saturated carbocycles. The third kappa shape index (κ3) is 2.98. The summed E-state index contributed by atoms with van der Waals surface area (Å²) in [6.45, 7) is -0.568. The Hall–Kier alpha value is -2.61. The maximum absolute atomic E-state index is 12.5. The van der Waals surface area contributed by atoms with Gasteiger partial charge in [-0.3, -0.25) is 24.0 Å². The molecule has 8 nitrogen and oxygen atoms in total. The molecule has 0 aliphatic heterocycles. The fourth-order valence-electron chi connectivity index (χ4n) is 2.47. The molecule has 0 bridgehead atoms. The van der Waals surface area contributed by atoms with E-state index in [1.54, 1.807) is 24.3 Å². The Morgan fingerprint density at radius 3 is 2.43 bits per heavy atom. The summed E-state index contributed by atoms with van der Waals surface area (Å²) in [4.78, 5) is 34.9. The zero-order valence-corrected chi connectivity index (χ0v) is 13.3. The summed E-state index contributed by atoms with van der Waals surface area (Å²) in [5, 5.41) is 11.4. The summed E-state index contributed by atoms with van der Waals surface area (Å²) in [6.07, 6.45) is 0. The van der Waals surface area contributed by atoms with Crippen molar-refractivity contribution >= 4 is 17.4 Å². The van der Waals surface area contributed by atoms with Gasteiger partial charge in [-0.1, -0.05) is 29.8 Å². The molecule has 0 saturated heterocycles. The smallest absolute Gasteiger partial charge is 0.332 e. The standard InChI is InChI=1S/C14H15ClN4O4/c1-17-12(16)11(13(20)18(2)14(17)21)9(7-19(22)23)8-5-3-4-6-10(8)15/h3-6,9H,7,16H2,1-2H3/t9-/m0/s1. The first kappa shape index (κ1) is 16.8. The van der Waals surface area contributed by atoms with Gasteiger partial charge in [-0.15, -0.1) is 0 Å². The molecule has 2 rings (SSSR count). The summed E-state index contributed by atoms with van der Waals surface area (Å²) in [6, 6.07) is 6.51. The van der Waals surface area contributed by atoms with Gasteiger partial charge in [0.15, 0.2) is 0 Å². The molecule has 2 N–H and O–H groups in total. The summed E-state index contributed by atoms with van der Waals surface area (Å²) >= 11 is 6.13. The van der Waals surface area contributed by atoms with E-state index in [-0.39, 0.29) is 16.4 Å². The second-order valence-electron chi connectivity index (χ2n) is 5.09. The summed E-state index contributed by atoms with van der Waals surface area (Å²) in [5.74, 6) is -1.06. The Balaban J connectivity index is 2.82. The van der Waals surface area contributed by atoms with E-state index in [9.17, 15) is 19.7 Å². The molecule has 0 unspecified atom stereocenters. The molecule has 0 spiro atoms. The lowest BCUT2D eigenvalue weighted by molar-refractivity contribution is -0.481. The first-order valence-electron chi connectivity index (χ1n) is 6.67. The van der Waals surface area contributed by atoms with E-state index in [1.807, 2.05) is 0 Å². The third-order valence-corrected chi connectivity index (χ3v) is 4.05. The fourth-order valence-corrected chi connectivity index (χ4v) is 2.73. The second kappa shape index (κ2) is 6.25. The van der Waals surface area contributed by atoms with Crippen LogP contribution in [0.4, 0.5) is 5.82 Å². The van der Waals surface area contributed by atoms with Crippen molar-refractivity contribution in [1.82, 2.24) is 9.13 Å². The molecular formula is C14H15ClN4O4. The van der Waals surface area contributed by atoms with Crippen LogP contribution in [0.1, 0.15) is 17.0 Å². The lowest BCUT2D eigenvalue weighted by Gasteiger charge is -2.19. The van der Waals surface area contributed by atoms with Crippen molar-refractivity contribution in [2.24, 2.45) is 14.1 Å². The molecular weight excluding hydrogens is 324 g/mol. The molecule has 2 aromatic rings. The quantitative estimate of drug-likeness (QED) is 0.652. The van der Waals surface area contributed by atoms with Crippen LogP contribution in [0.5, 0.6) is 0 Å². The van der Waals surface area contributed by atoms with Crippen LogP contribution in [0.2, 0.25) is 5.02 Å². The van der Waals surface area contributed by atoms with Crippen LogP contribution in [-0.2, 0) is 14.1 Å². The van der Waals surface area contributed by atoms with E-state index in [1.165, 1.54) is 14.1 Å². The van der Waals surface area contributed by atoms with E-state index < -0.39 is 28.6 Å². The molecule has 122 valence electrons. The highest BCUT2D eigenvalue weighted by molar-refractivity contribution is 6.31. The lowest BCUT2D eigenvalue weighted by Crippen LogP contribution is -2.42. The van der Waals surface area contributed by atoms with Gasteiger partial charge < -0.3 is 5.73 Å². The Labute approximate surface area is 135 Å². The number of nitrogens with two attached hydrogens (primary N) is 1. The number of aromatic nitrogens is 2. The number of rotatable bonds is 4. The van der Waals surface area contributed by atoms with Crippen molar-refractivity contribution in [3.63, 3.8) is 0 Å². The second-order valence-corrected chi connectivity index (χ2v) is 5.50. The molecule has 0 radical (unpaired) electrons. The Kier molecular flexibility index (Phi) is 4.55. The topological polar surface area (TPSA) is 113 Å². The van der Waals surface area contributed by atoms with Crippen LogP contribution < -0.4 is 17.0 Å². The van der Waals surface area contributed by atoms with Crippen LogP contribution in [0.15, 0.2) is 33.9 Å². The predicted molar refractivity (Wildman–Crippen MR) is 86.5 cm³/mol. The molecule has 0 amide bonds. The van der Waals surface area contributed by atoms with E-state index in [0.29, 0.717) is 5.56 Å². The summed E-state index contributed by atoms with van der Waals surface area (Å²) < 4.78 is 1.95. The van der Waals surface area contributed by atoms with Gasteiger partial charge in [0.2, 0.25) is 6.54 Å². The fraction of sp³-hybridized carbons (Fsp3) is 0.286. The van der Waals surface area contributed by atoms with Gasteiger partial charge in [0.1, 0.15) is 5.82 Å². The van der Waals surface area contributed by atoms with E-state index in [2.05, 4.69) is 0 Å². The molecule has 1 aromatic carbocycles. The van der Waals surface area contributed by atoms with Crippen molar-refractivity contribution in [3.8, 4) is 0 Å². The molecule has 23 heavy (non-hydrogen) atoms. The minimum atomic E-state index is -0.954. The van der Waals surface area contributed by atoms with E-state index in [0.717, 1.165) is 9.13 Å². The van der Waals surface area contributed by atoms with Gasteiger partial charge in [0, 0.05) is 24.0 Å². The van der Waals surface area contributed by atoms with Crippen molar-refractivity contribution < 1.29 is 4.92 Å². The van der Waals surface area contributed by atoms with E-state index in [4.69, 9.17) is 17.3 Å². The van der Waals surface area contributed by atoms with Crippen molar-refractivity contribution in [3.05, 3.63) is 71.4 Å². The van der Waals surface area contributed by atoms with Gasteiger partial charge in [-0.05, 0) is 11.6 Å². The number of hydrogen-bond acceptors (Lipinski definition) is 5. The average Bonchev–Trinajstić information content (AvgIpc) is 2.50. The highest BCUT2D eigenvalue weighted by atomic mass is 35.5. The number of nitro groups is 1. The molecule has 9 heteroatoms. The number of benzene rings is 1. The van der Waals surface area contributed by atoms with Crippen molar-refractivity contribution in [1.29, 1.82) is 0 Å². The number of nitrogens with zero attached hydrogens (tertiary/aromatic N) is 3. The average molecular weight is 339 g/mol. The molecule has 1 atom stereocenters. The lowest BCUT2D eigenvalue weighted by atomic mass is 9.92. The van der Waals surface area contributed by atoms with Crippen LogP contribution in [0.3, 0.4) is 0 Å². The van der Waals surface area contributed by atoms with E-state index >= 15 is 0 Å². The Bertz CT molecular complexity index is 887. The summed E-state index contributed by atoms with van der Waals surface area (Å²) in [7, 11) is 2.69. The minimum Gasteiger partial charge on any atom is -0.385 e. The normalized spacial score (nSPS) is 12.1. The largest absolute Gasteiger partial charge is 0.385 e. The monoisotopic (exact) mass is 338 g/mol. The summed E-state index contributed by atoms with van der Waals surface area (Å²) in [5.41, 5.74) is 5.03. The maximum atomic E-state index is 12.5. The first-order chi connectivity index (χ1) is 10.8. The molecule has 1 heterocycles. The predicted octanol–water partition coefficient (Wildman–Crippen LogP) is 0.728.